The van der Waals surface area contributed by atoms with Gasteiger partial charge in [-0.05, 0) is 13.8 Å². The second kappa shape index (κ2) is 6.23. The van der Waals surface area contributed by atoms with Crippen molar-refractivity contribution in [3.8, 4) is 0 Å². The van der Waals surface area contributed by atoms with E-state index in [0.29, 0.717) is 12.1 Å². The molecule has 8 nitrogen and oxygen atoms in total. The summed E-state index contributed by atoms with van der Waals surface area (Å²) >= 11 is 0. The van der Waals surface area contributed by atoms with Gasteiger partial charge in [-0.25, -0.2) is 0 Å². The van der Waals surface area contributed by atoms with E-state index in [2.05, 4.69) is 0 Å². The number of alkyl halides is 3. The number of ether oxygens (including phenoxy) is 1. The Morgan fingerprint density at radius 3 is 1.83 bits per heavy atom. The molecule has 2 unspecified atom stereocenters. The maximum Gasteiger partial charge on any atom is 0.416 e. The van der Waals surface area contributed by atoms with Gasteiger partial charge in [0.25, 0.3) is 11.4 Å². The quantitative estimate of drug-likeness (QED) is 0.614. The average Bonchev–Trinajstić information content (AvgIpc) is 2.43. The van der Waals surface area contributed by atoms with Gasteiger partial charge in [0.15, 0.2) is 5.69 Å². The van der Waals surface area contributed by atoms with E-state index in [0.717, 1.165) is 0 Å². The van der Waals surface area contributed by atoms with Crippen LogP contribution in [-0.2, 0) is 10.9 Å². The number of hydrogen-bond donors (Lipinski definition) is 0. The number of benzene rings is 1. The highest BCUT2D eigenvalue weighted by molar-refractivity contribution is 5.76. The molecule has 24 heavy (non-hydrogen) atoms. The maximum atomic E-state index is 12.9. The van der Waals surface area contributed by atoms with Crippen LogP contribution in [0.15, 0.2) is 12.1 Å². The first-order valence-corrected chi connectivity index (χ1v) is 6.95. The van der Waals surface area contributed by atoms with Crippen LogP contribution in [0.5, 0.6) is 0 Å². The Morgan fingerprint density at radius 2 is 1.50 bits per heavy atom. The van der Waals surface area contributed by atoms with Crippen molar-refractivity contribution >= 4 is 17.1 Å². The summed E-state index contributed by atoms with van der Waals surface area (Å²) in [6.45, 7) is 3.53. The highest BCUT2D eigenvalue weighted by Crippen LogP contribution is 2.43. The first-order valence-electron chi connectivity index (χ1n) is 6.95. The normalized spacial score (nSPS) is 21.6. The molecule has 2 atom stereocenters. The summed E-state index contributed by atoms with van der Waals surface area (Å²) in [6.07, 6.45) is -5.69. The molecule has 1 heterocycles. The largest absolute Gasteiger partial charge is 0.416 e. The first-order chi connectivity index (χ1) is 11.0. The summed E-state index contributed by atoms with van der Waals surface area (Å²) in [4.78, 5) is 21.7. The fourth-order valence-electron chi connectivity index (χ4n) is 2.73. The van der Waals surface area contributed by atoms with E-state index in [1.807, 2.05) is 0 Å². The van der Waals surface area contributed by atoms with Crippen LogP contribution in [-0.4, -0.2) is 35.1 Å². The molecule has 132 valence electrons. The van der Waals surface area contributed by atoms with Crippen LogP contribution in [0.1, 0.15) is 19.4 Å². The molecule has 1 saturated heterocycles. The number of nitro groups is 2. The Hall–Kier alpha value is -2.43. The van der Waals surface area contributed by atoms with Gasteiger partial charge < -0.3 is 9.64 Å². The highest BCUT2D eigenvalue weighted by atomic mass is 19.4. The Morgan fingerprint density at radius 1 is 1.08 bits per heavy atom. The summed E-state index contributed by atoms with van der Waals surface area (Å²) in [6, 6.07) is 0.653. The number of nitro benzene ring substituents is 2. The maximum absolute atomic E-state index is 12.9. The molecule has 0 spiro atoms. The van der Waals surface area contributed by atoms with Crippen LogP contribution in [0, 0.1) is 20.2 Å². The van der Waals surface area contributed by atoms with Gasteiger partial charge in [0.2, 0.25) is 0 Å². The molecule has 2 rings (SSSR count). The molecule has 0 saturated carbocycles. The molecular weight excluding hydrogens is 335 g/mol. The highest BCUT2D eigenvalue weighted by Gasteiger charge is 2.40. The molecule has 0 amide bonds. The van der Waals surface area contributed by atoms with E-state index in [-0.39, 0.29) is 25.3 Å². The molecule has 0 bridgehead atoms. The number of hydrogen-bond acceptors (Lipinski definition) is 6. The second-order valence-corrected chi connectivity index (χ2v) is 5.54. The van der Waals surface area contributed by atoms with E-state index in [9.17, 15) is 33.4 Å². The lowest BCUT2D eigenvalue weighted by molar-refractivity contribution is -0.393. The number of halogens is 3. The standard InChI is InChI=1S/C13H14F3N3O5/c1-7-5-17(6-8(2)24-7)12-10(18(20)21)3-9(13(14,15)16)4-11(12)19(22)23/h3-4,7-8H,5-6H2,1-2H3. The summed E-state index contributed by atoms with van der Waals surface area (Å²) in [5.74, 6) is 0. The molecule has 1 aromatic rings. The summed E-state index contributed by atoms with van der Waals surface area (Å²) in [7, 11) is 0. The van der Waals surface area contributed by atoms with Gasteiger partial charge in [-0.15, -0.1) is 0 Å². The third-order valence-corrected chi connectivity index (χ3v) is 3.53. The molecule has 0 aromatic heterocycles. The SMILES string of the molecule is CC1CN(c2c([N+](=O)[O-])cc(C(F)(F)F)cc2[N+](=O)[O-])CC(C)O1. The van der Waals surface area contributed by atoms with E-state index in [1.54, 1.807) is 13.8 Å². The van der Waals surface area contributed by atoms with Crippen LogP contribution in [0.4, 0.5) is 30.2 Å². The zero-order valence-electron chi connectivity index (χ0n) is 12.7. The second-order valence-electron chi connectivity index (χ2n) is 5.54. The van der Waals surface area contributed by atoms with Crippen molar-refractivity contribution in [3.63, 3.8) is 0 Å². The van der Waals surface area contributed by atoms with Crippen LogP contribution < -0.4 is 4.90 Å². The van der Waals surface area contributed by atoms with Crippen molar-refractivity contribution in [3.05, 3.63) is 37.9 Å². The van der Waals surface area contributed by atoms with Crippen molar-refractivity contribution in [2.45, 2.75) is 32.2 Å². The van der Waals surface area contributed by atoms with Crippen LogP contribution in [0.2, 0.25) is 0 Å². The molecular formula is C13H14F3N3O5. The minimum atomic E-state index is -4.93. The number of rotatable bonds is 3. The van der Waals surface area contributed by atoms with Gasteiger partial charge in [0.1, 0.15) is 0 Å². The Labute approximate surface area is 134 Å². The minimum absolute atomic E-state index is 0.0946. The topological polar surface area (TPSA) is 98.8 Å². The smallest absolute Gasteiger partial charge is 0.372 e. The summed E-state index contributed by atoms with van der Waals surface area (Å²) < 4.78 is 44.1. The van der Waals surface area contributed by atoms with Crippen LogP contribution in [0.25, 0.3) is 0 Å². The molecule has 0 radical (unpaired) electrons. The number of morpholine rings is 1. The zero-order chi connectivity index (χ0) is 18.2. The number of anilines is 1. The molecule has 0 N–H and O–H groups in total. The molecule has 1 aliphatic heterocycles. The van der Waals surface area contributed by atoms with Crippen LogP contribution in [0.3, 0.4) is 0 Å². The van der Waals surface area contributed by atoms with Crippen LogP contribution >= 0.6 is 0 Å². The van der Waals surface area contributed by atoms with E-state index in [4.69, 9.17) is 4.74 Å². The molecule has 1 aromatic carbocycles. The predicted octanol–water partition coefficient (Wildman–Crippen LogP) is 3.14. The predicted molar refractivity (Wildman–Crippen MR) is 77.0 cm³/mol. The fourth-order valence-corrected chi connectivity index (χ4v) is 2.73. The molecule has 11 heteroatoms. The molecule has 0 aliphatic carbocycles. The summed E-state index contributed by atoms with van der Waals surface area (Å²) in [5.41, 5.74) is -3.75. The van der Waals surface area contributed by atoms with Gasteiger partial charge >= 0.3 is 6.18 Å². The van der Waals surface area contributed by atoms with Crippen molar-refractivity contribution in [2.75, 3.05) is 18.0 Å². The van der Waals surface area contributed by atoms with E-state index < -0.39 is 38.6 Å². The Bertz CT molecular complexity index is 634. The third kappa shape index (κ3) is 3.55. The monoisotopic (exact) mass is 349 g/mol. The van der Waals surface area contributed by atoms with Gasteiger partial charge in [-0.3, -0.25) is 20.2 Å². The lowest BCUT2D eigenvalue weighted by Gasteiger charge is -2.36. The van der Waals surface area contributed by atoms with Gasteiger partial charge in [-0.1, -0.05) is 0 Å². The summed E-state index contributed by atoms with van der Waals surface area (Å²) in [5, 5.41) is 22.5. The number of nitrogens with zero attached hydrogens (tertiary/aromatic N) is 3. The lowest BCUT2D eigenvalue weighted by Crippen LogP contribution is -2.46. The van der Waals surface area contributed by atoms with Gasteiger partial charge in [-0.2, -0.15) is 13.2 Å². The third-order valence-electron chi connectivity index (χ3n) is 3.53. The average molecular weight is 349 g/mol. The Balaban J connectivity index is 2.68. The van der Waals surface area contributed by atoms with Crippen molar-refractivity contribution < 1.29 is 27.8 Å². The Kier molecular flexibility index (Phi) is 4.65. The van der Waals surface area contributed by atoms with Crippen molar-refractivity contribution in [2.24, 2.45) is 0 Å². The minimum Gasteiger partial charge on any atom is -0.372 e. The van der Waals surface area contributed by atoms with Gasteiger partial charge in [0.05, 0.1) is 27.6 Å². The zero-order valence-corrected chi connectivity index (χ0v) is 12.7. The van der Waals surface area contributed by atoms with E-state index >= 15 is 0 Å². The van der Waals surface area contributed by atoms with Gasteiger partial charge in [0, 0.05) is 25.2 Å². The van der Waals surface area contributed by atoms with E-state index in [1.165, 1.54) is 4.90 Å². The van der Waals surface area contributed by atoms with Crippen molar-refractivity contribution in [1.29, 1.82) is 0 Å². The van der Waals surface area contributed by atoms with Crippen molar-refractivity contribution in [1.82, 2.24) is 0 Å². The first kappa shape index (κ1) is 17.9. The fraction of sp³-hybridized carbons (Fsp3) is 0.538. The molecule has 1 fully saturated rings. The lowest BCUT2D eigenvalue weighted by atomic mass is 10.1. The molecule has 1 aliphatic rings.